The normalized spacial score (nSPS) is 18.1. The molecule has 0 fully saturated rings. The van der Waals surface area contributed by atoms with Crippen molar-refractivity contribution in [2.75, 3.05) is 0 Å². The van der Waals surface area contributed by atoms with Crippen LogP contribution in [0.15, 0.2) is 53.2 Å². The highest BCUT2D eigenvalue weighted by molar-refractivity contribution is 5.96. The number of carbonyl (C=O) groups excluding carboxylic acids is 1. The second kappa shape index (κ2) is 5.21. The van der Waals surface area contributed by atoms with Gasteiger partial charge in [0.2, 0.25) is 0 Å². The topological polar surface area (TPSA) is 72.6 Å². The molecule has 1 aliphatic heterocycles. The van der Waals surface area contributed by atoms with Gasteiger partial charge in [0.05, 0.1) is 0 Å². The lowest BCUT2D eigenvalue weighted by molar-refractivity contribution is -0.492. The van der Waals surface area contributed by atoms with Crippen molar-refractivity contribution in [1.29, 1.82) is 0 Å². The first-order valence-electron chi connectivity index (χ1n) is 5.38. The third kappa shape index (κ3) is 2.42. The van der Waals surface area contributed by atoms with Gasteiger partial charge >= 0.3 is 0 Å². The first-order valence-corrected chi connectivity index (χ1v) is 5.38. The fraction of sp³-hybridized carbons (Fsp3) is 0.154. The molecule has 0 radical (unpaired) electrons. The minimum Gasteiger partial charge on any atom is -0.263 e. The summed E-state index contributed by atoms with van der Waals surface area (Å²) in [5.41, 5.74) is 1.29. The third-order valence-corrected chi connectivity index (χ3v) is 2.66. The number of hydrogen-bond acceptors (Lipinski definition) is 4. The third-order valence-electron chi connectivity index (χ3n) is 2.66. The van der Waals surface area contributed by atoms with Crippen LogP contribution in [0.1, 0.15) is 5.56 Å². The van der Waals surface area contributed by atoms with Crippen molar-refractivity contribution in [2.24, 2.45) is 4.99 Å². The standard InChI is InChI=1S/C13H10N2O3/c16-9-11-6-7-14-12(13(11)15(17)18)8-10-4-2-1-3-5-10/h1-7,13H,8H2. The van der Waals surface area contributed by atoms with Crippen LogP contribution in [0.4, 0.5) is 0 Å². The van der Waals surface area contributed by atoms with Crippen LogP contribution < -0.4 is 0 Å². The van der Waals surface area contributed by atoms with Crippen LogP contribution in [0.3, 0.4) is 0 Å². The van der Waals surface area contributed by atoms with Gasteiger partial charge in [-0.05, 0) is 11.6 Å². The second-order valence-electron chi connectivity index (χ2n) is 3.84. The Hall–Kier alpha value is -2.52. The Morgan fingerprint density at radius 1 is 1.33 bits per heavy atom. The van der Waals surface area contributed by atoms with Crippen molar-refractivity contribution in [3.8, 4) is 0 Å². The summed E-state index contributed by atoms with van der Waals surface area (Å²) >= 11 is 0. The molecule has 0 N–H and O–H groups in total. The molecule has 18 heavy (non-hydrogen) atoms. The van der Waals surface area contributed by atoms with Gasteiger partial charge in [0.1, 0.15) is 17.2 Å². The number of nitrogens with zero attached hydrogens (tertiary/aromatic N) is 2. The summed E-state index contributed by atoms with van der Waals surface area (Å²) < 4.78 is 0. The van der Waals surface area contributed by atoms with Gasteiger partial charge in [-0.1, -0.05) is 30.3 Å². The van der Waals surface area contributed by atoms with Crippen LogP contribution in [0.2, 0.25) is 0 Å². The largest absolute Gasteiger partial charge is 0.286 e. The molecule has 2 rings (SSSR count). The van der Waals surface area contributed by atoms with Crippen molar-refractivity contribution in [3.63, 3.8) is 0 Å². The van der Waals surface area contributed by atoms with E-state index in [0.29, 0.717) is 12.1 Å². The molecule has 90 valence electrons. The molecule has 0 saturated heterocycles. The summed E-state index contributed by atoms with van der Waals surface area (Å²) in [4.78, 5) is 25.2. The number of nitro groups is 1. The van der Waals surface area contributed by atoms with E-state index < -0.39 is 11.0 Å². The van der Waals surface area contributed by atoms with Gasteiger partial charge in [0.25, 0.3) is 6.04 Å². The first kappa shape index (κ1) is 12.0. The summed E-state index contributed by atoms with van der Waals surface area (Å²) in [7, 11) is 0. The van der Waals surface area contributed by atoms with Crippen molar-refractivity contribution in [1.82, 2.24) is 0 Å². The average molecular weight is 242 g/mol. The van der Waals surface area contributed by atoms with Gasteiger partial charge in [0, 0.05) is 17.5 Å². The van der Waals surface area contributed by atoms with E-state index in [4.69, 9.17) is 0 Å². The van der Waals surface area contributed by atoms with Gasteiger partial charge in [0.15, 0.2) is 0 Å². The summed E-state index contributed by atoms with van der Waals surface area (Å²) in [5, 5.41) is 11.0. The molecule has 5 heteroatoms. The van der Waals surface area contributed by atoms with Gasteiger partial charge in [-0.25, -0.2) is 4.79 Å². The highest BCUT2D eigenvalue weighted by Gasteiger charge is 2.33. The van der Waals surface area contributed by atoms with Crippen molar-refractivity contribution in [3.05, 3.63) is 63.9 Å². The Morgan fingerprint density at radius 2 is 2.06 bits per heavy atom. The highest BCUT2D eigenvalue weighted by atomic mass is 16.6. The Labute approximate surface area is 103 Å². The minimum atomic E-state index is -1.19. The zero-order valence-electron chi connectivity index (χ0n) is 9.45. The molecule has 0 spiro atoms. The van der Waals surface area contributed by atoms with E-state index in [-0.39, 0.29) is 5.57 Å². The van der Waals surface area contributed by atoms with Gasteiger partial charge in [-0.15, -0.1) is 0 Å². The number of hydrogen-bond donors (Lipinski definition) is 0. The molecule has 1 aromatic carbocycles. The fourth-order valence-corrected chi connectivity index (χ4v) is 1.83. The maximum Gasteiger partial charge on any atom is 0.286 e. The lowest BCUT2D eigenvalue weighted by atomic mass is 9.96. The predicted molar refractivity (Wildman–Crippen MR) is 66.7 cm³/mol. The number of aliphatic imine (C=N–C) groups is 1. The van der Waals surface area contributed by atoms with Gasteiger partial charge in [-0.3, -0.25) is 15.1 Å². The molecule has 1 heterocycles. The van der Waals surface area contributed by atoms with Crippen LogP contribution in [0, 0.1) is 10.1 Å². The van der Waals surface area contributed by atoms with E-state index in [1.165, 1.54) is 12.3 Å². The number of rotatable bonds is 3. The Morgan fingerprint density at radius 3 is 2.67 bits per heavy atom. The van der Waals surface area contributed by atoms with Crippen molar-refractivity contribution < 1.29 is 9.72 Å². The quantitative estimate of drug-likeness (QED) is 0.459. The minimum absolute atomic E-state index is 0.0148. The summed E-state index contributed by atoms with van der Waals surface area (Å²) in [6, 6.07) is 8.11. The average Bonchev–Trinajstić information content (AvgIpc) is 2.39. The SMILES string of the molecule is O=C=C1C=CN=C(Cc2ccccc2)C1[N+](=O)[O-]. The zero-order valence-corrected chi connectivity index (χ0v) is 9.45. The van der Waals surface area contributed by atoms with Crippen molar-refractivity contribution >= 4 is 11.7 Å². The van der Waals surface area contributed by atoms with E-state index in [9.17, 15) is 14.9 Å². The molecule has 0 aromatic heterocycles. The van der Waals surface area contributed by atoms with Crippen LogP contribution in [-0.4, -0.2) is 22.6 Å². The zero-order chi connectivity index (χ0) is 13.0. The van der Waals surface area contributed by atoms with Gasteiger partial charge < -0.3 is 0 Å². The van der Waals surface area contributed by atoms with E-state index in [2.05, 4.69) is 4.99 Å². The lowest BCUT2D eigenvalue weighted by Crippen LogP contribution is -2.34. The maximum atomic E-state index is 11.0. The Kier molecular flexibility index (Phi) is 3.46. The fourth-order valence-electron chi connectivity index (χ4n) is 1.83. The molecule has 1 aliphatic rings. The van der Waals surface area contributed by atoms with Crippen LogP contribution >= 0.6 is 0 Å². The molecule has 5 nitrogen and oxygen atoms in total. The molecule has 1 aromatic rings. The smallest absolute Gasteiger partial charge is 0.263 e. The molecule has 0 aliphatic carbocycles. The van der Waals surface area contributed by atoms with Crippen molar-refractivity contribution in [2.45, 2.75) is 12.5 Å². The van der Waals surface area contributed by atoms with Gasteiger partial charge in [-0.2, -0.15) is 0 Å². The van der Waals surface area contributed by atoms with E-state index in [1.807, 2.05) is 30.3 Å². The van der Waals surface area contributed by atoms with E-state index in [1.54, 1.807) is 5.94 Å². The Balaban J connectivity index is 2.31. The molecule has 1 unspecified atom stereocenters. The van der Waals surface area contributed by atoms with E-state index >= 15 is 0 Å². The number of benzene rings is 1. The van der Waals surface area contributed by atoms with Crippen LogP contribution in [0.25, 0.3) is 0 Å². The van der Waals surface area contributed by atoms with Crippen LogP contribution in [0.5, 0.6) is 0 Å². The maximum absolute atomic E-state index is 11.0. The molecular weight excluding hydrogens is 232 g/mol. The predicted octanol–water partition coefficient (Wildman–Crippen LogP) is 1.60. The second-order valence-corrected chi connectivity index (χ2v) is 3.84. The molecule has 0 saturated carbocycles. The summed E-state index contributed by atoms with van der Waals surface area (Å²) in [5.74, 6) is 1.61. The summed E-state index contributed by atoms with van der Waals surface area (Å²) in [6.45, 7) is 0. The summed E-state index contributed by atoms with van der Waals surface area (Å²) in [6.07, 6.45) is 3.08. The molecule has 0 bridgehead atoms. The first-order chi connectivity index (χ1) is 8.72. The molecular formula is C13H10N2O3. The van der Waals surface area contributed by atoms with E-state index in [0.717, 1.165) is 5.56 Å². The Bertz CT molecular complexity index is 569. The monoisotopic (exact) mass is 242 g/mol. The lowest BCUT2D eigenvalue weighted by Gasteiger charge is -2.13. The molecule has 0 amide bonds. The highest BCUT2D eigenvalue weighted by Crippen LogP contribution is 2.16. The molecule has 1 atom stereocenters. The van der Waals surface area contributed by atoms with Crippen LogP contribution in [-0.2, 0) is 11.2 Å².